The van der Waals surface area contributed by atoms with E-state index in [2.05, 4.69) is 4.90 Å². The Hall–Kier alpha value is -2.53. The van der Waals surface area contributed by atoms with Gasteiger partial charge in [0.15, 0.2) is 5.13 Å². The summed E-state index contributed by atoms with van der Waals surface area (Å²) in [4.78, 5) is 22.4. The molecule has 10 heteroatoms. The van der Waals surface area contributed by atoms with Gasteiger partial charge in [0, 0.05) is 24.7 Å². The Morgan fingerprint density at radius 3 is 2.56 bits per heavy atom. The highest BCUT2D eigenvalue weighted by Crippen LogP contribution is 2.35. The van der Waals surface area contributed by atoms with Crippen molar-refractivity contribution in [1.82, 2.24) is 14.2 Å². The van der Waals surface area contributed by atoms with Crippen LogP contribution in [0.4, 0.5) is 5.13 Å². The van der Waals surface area contributed by atoms with Gasteiger partial charge >= 0.3 is 0 Å². The van der Waals surface area contributed by atoms with Crippen molar-refractivity contribution < 1.29 is 17.9 Å². The number of hydrogen-bond donors (Lipinski definition) is 0. The van der Waals surface area contributed by atoms with Crippen LogP contribution in [0.5, 0.6) is 5.75 Å². The standard InChI is InChI=1S/C26H34N4O4S2/c1-19-9-5-6-18-30(19)36(32,33)21-14-12-20(13-15-21)25(31)29(17-8-16-28(2)3)26-27-24-22(34-4)10-7-11-23(24)35-26/h7,10-15,19H,5-6,8-9,16-18H2,1-4H3. The second-order valence-corrected chi connectivity index (χ2v) is 12.3. The van der Waals surface area contributed by atoms with Crippen LogP contribution in [-0.4, -0.2) is 75.4 Å². The fourth-order valence-electron chi connectivity index (χ4n) is 4.51. The zero-order valence-corrected chi connectivity index (χ0v) is 22.9. The van der Waals surface area contributed by atoms with Gasteiger partial charge in [0.1, 0.15) is 11.3 Å². The lowest BCUT2D eigenvalue weighted by molar-refractivity contribution is 0.0986. The van der Waals surface area contributed by atoms with Gasteiger partial charge in [0.05, 0.1) is 16.7 Å². The van der Waals surface area contributed by atoms with E-state index in [-0.39, 0.29) is 16.8 Å². The van der Waals surface area contributed by atoms with E-state index in [9.17, 15) is 13.2 Å². The van der Waals surface area contributed by atoms with Gasteiger partial charge in [0.2, 0.25) is 10.0 Å². The fourth-order valence-corrected chi connectivity index (χ4v) is 7.22. The maximum atomic E-state index is 13.7. The second kappa shape index (κ2) is 11.2. The SMILES string of the molecule is COc1cccc2sc(N(CCCN(C)C)C(=O)c3ccc(S(=O)(=O)N4CCCCC4C)cc3)nc12. The molecule has 36 heavy (non-hydrogen) atoms. The minimum Gasteiger partial charge on any atom is -0.494 e. The molecule has 0 N–H and O–H groups in total. The molecular formula is C26H34N4O4S2. The molecule has 0 radical (unpaired) electrons. The predicted molar refractivity (Wildman–Crippen MR) is 145 cm³/mol. The van der Waals surface area contributed by atoms with Crippen molar-refractivity contribution in [2.45, 2.75) is 43.5 Å². The molecule has 3 aromatic rings. The zero-order chi connectivity index (χ0) is 25.9. The number of rotatable bonds is 9. The largest absolute Gasteiger partial charge is 0.494 e. The number of hydrogen-bond acceptors (Lipinski definition) is 7. The van der Waals surface area contributed by atoms with Gasteiger partial charge in [0.25, 0.3) is 5.91 Å². The van der Waals surface area contributed by atoms with E-state index in [1.807, 2.05) is 39.2 Å². The van der Waals surface area contributed by atoms with E-state index in [4.69, 9.17) is 9.72 Å². The monoisotopic (exact) mass is 530 g/mol. The molecule has 2 aromatic carbocycles. The lowest BCUT2D eigenvalue weighted by Crippen LogP contribution is -2.41. The van der Waals surface area contributed by atoms with Crippen molar-refractivity contribution in [3.8, 4) is 5.75 Å². The molecule has 1 amide bonds. The molecule has 1 aliphatic heterocycles. The minimum absolute atomic E-state index is 0.0201. The van der Waals surface area contributed by atoms with Gasteiger partial charge in [-0.1, -0.05) is 23.8 Å². The third-order valence-corrected chi connectivity index (χ3v) is 9.57. The van der Waals surface area contributed by atoms with E-state index in [1.54, 1.807) is 40.6 Å². The maximum Gasteiger partial charge on any atom is 0.260 e. The topological polar surface area (TPSA) is 83.0 Å². The lowest BCUT2D eigenvalue weighted by Gasteiger charge is -2.32. The molecule has 1 aromatic heterocycles. The molecule has 194 valence electrons. The molecular weight excluding hydrogens is 496 g/mol. The number of aromatic nitrogens is 1. The Morgan fingerprint density at radius 2 is 1.89 bits per heavy atom. The summed E-state index contributed by atoms with van der Waals surface area (Å²) in [5.74, 6) is 0.458. The number of carbonyl (C=O) groups excluding carboxylic acids is 1. The minimum atomic E-state index is -3.60. The zero-order valence-electron chi connectivity index (χ0n) is 21.3. The third kappa shape index (κ3) is 5.56. The first kappa shape index (κ1) is 26.5. The van der Waals surface area contributed by atoms with Crippen LogP contribution in [0.1, 0.15) is 43.0 Å². The first-order valence-electron chi connectivity index (χ1n) is 12.2. The van der Waals surface area contributed by atoms with Crippen molar-refractivity contribution >= 4 is 42.6 Å². The maximum absolute atomic E-state index is 13.7. The van der Waals surface area contributed by atoms with Crippen LogP contribution in [0.15, 0.2) is 47.4 Å². The Labute approximate surface area is 217 Å². The molecule has 1 aliphatic rings. The van der Waals surface area contributed by atoms with Gasteiger partial charge in [-0.3, -0.25) is 9.69 Å². The van der Waals surface area contributed by atoms with Crippen LogP contribution in [0, 0.1) is 0 Å². The summed E-state index contributed by atoms with van der Waals surface area (Å²) in [7, 11) is 2.00. The second-order valence-electron chi connectivity index (χ2n) is 9.40. The number of piperidine rings is 1. The summed E-state index contributed by atoms with van der Waals surface area (Å²) in [6.07, 6.45) is 3.55. The van der Waals surface area contributed by atoms with Crippen LogP contribution in [0.3, 0.4) is 0 Å². The normalized spacial score (nSPS) is 17.0. The van der Waals surface area contributed by atoms with Gasteiger partial charge in [-0.05, 0) is 83.2 Å². The third-order valence-electron chi connectivity index (χ3n) is 6.50. The molecule has 8 nitrogen and oxygen atoms in total. The lowest BCUT2D eigenvalue weighted by atomic mass is 10.1. The predicted octanol–water partition coefficient (Wildman–Crippen LogP) is 4.47. The van der Waals surface area contributed by atoms with E-state index < -0.39 is 10.0 Å². The summed E-state index contributed by atoms with van der Waals surface area (Å²) < 4.78 is 34.4. The molecule has 0 spiro atoms. The van der Waals surface area contributed by atoms with Crippen LogP contribution < -0.4 is 9.64 Å². The number of fused-ring (bicyclic) bond motifs is 1. The Balaban J connectivity index is 1.62. The van der Waals surface area contributed by atoms with E-state index in [0.29, 0.717) is 29.5 Å². The summed E-state index contributed by atoms with van der Waals surface area (Å²) in [6.45, 7) is 3.80. The molecule has 2 heterocycles. The van der Waals surface area contributed by atoms with Crippen molar-refractivity contribution in [1.29, 1.82) is 0 Å². The average Bonchev–Trinajstić information content (AvgIpc) is 3.30. The number of thiazole rings is 1. The van der Waals surface area contributed by atoms with Gasteiger partial charge in [-0.25, -0.2) is 13.4 Å². The summed E-state index contributed by atoms with van der Waals surface area (Å²) in [5.41, 5.74) is 1.15. The van der Waals surface area contributed by atoms with Gasteiger partial charge in [-0.15, -0.1) is 0 Å². The number of ether oxygens (including phenoxy) is 1. The summed E-state index contributed by atoms with van der Waals surface area (Å²) in [5, 5.41) is 0.595. The highest BCUT2D eigenvalue weighted by Gasteiger charge is 2.31. The summed E-state index contributed by atoms with van der Waals surface area (Å²) >= 11 is 1.44. The van der Waals surface area contributed by atoms with Crippen molar-refractivity contribution in [3.63, 3.8) is 0 Å². The van der Waals surface area contributed by atoms with Crippen molar-refractivity contribution in [2.75, 3.05) is 45.7 Å². The Morgan fingerprint density at radius 1 is 1.14 bits per heavy atom. The number of methoxy groups -OCH3 is 1. The molecule has 0 saturated carbocycles. The molecule has 0 bridgehead atoms. The number of amides is 1. The number of carbonyl (C=O) groups is 1. The first-order valence-corrected chi connectivity index (χ1v) is 14.5. The Bertz CT molecular complexity index is 1310. The number of benzene rings is 2. The van der Waals surface area contributed by atoms with E-state index in [0.717, 1.165) is 42.4 Å². The summed E-state index contributed by atoms with van der Waals surface area (Å²) in [6, 6.07) is 12.0. The van der Waals surface area contributed by atoms with Crippen LogP contribution in [0.2, 0.25) is 0 Å². The first-order chi connectivity index (χ1) is 17.2. The molecule has 0 aliphatic carbocycles. The molecule has 1 saturated heterocycles. The van der Waals surface area contributed by atoms with Crippen molar-refractivity contribution in [2.24, 2.45) is 0 Å². The number of nitrogens with zero attached hydrogens (tertiary/aromatic N) is 4. The highest BCUT2D eigenvalue weighted by atomic mass is 32.2. The van der Waals surface area contributed by atoms with Gasteiger partial charge < -0.3 is 9.64 Å². The van der Waals surface area contributed by atoms with E-state index >= 15 is 0 Å². The average molecular weight is 531 g/mol. The molecule has 1 unspecified atom stereocenters. The van der Waals surface area contributed by atoms with Crippen LogP contribution in [-0.2, 0) is 10.0 Å². The number of anilines is 1. The fraction of sp³-hybridized carbons (Fsp3) is 0.462. The Kier molecular flexibility index (Phi) is 8.29. The quantitative estimate of drug-likeness (QED) is 0.406. The molecule has 4 rings (SSSR count). The van der Waals surface area contributed by atoms with Crippen LogP contribution in [0.25, 0.3) is 10.2 Å². The van der Waals surface area contributed by atoms with Crippen molar-refractivity contribution in [3.05, 3.63) is 48.0 Å². The van der Waals surface area contributed by atoms with Gasteiger partial charge in [-0.2, -0.15) is 4.31 Å². The number of para-hydroxylation sites is 1. The smallest absolute Gasteiger partial charge is 0.260 e. The molecule has 1 atom stereocenters. The van der Waals surface area contributed by atoms with Crippen LogP contribution >= 0.6 is 11.3 Å². The van der Waals surface area contributed by atoms with E-state index in [1.165, 1.54) is 11.3 Å². The number of sulfonamides is 1. The highest BCUT2D eigenvalue weighted by molar-refractivity contribution is 7.89. The molecule has 1 fully saturated rings.